The molecule has 1 atom stereocenters. The van der Waals surface area contributed by atoms with Gasteiger partial charge in [-0.15, -0.1) is 0 Å². The summed E-state index contributed by atoms with van der Waals surface area (Å²) in [7, 11) is 1.69. The lowest BCUT2D eigenvalue weighted by atomic mass is 10.1. The van der Waals surface area contributed by atoms with Crippen LogP contribution in [0, 0.1) is 0 Å². The lowest BCUT2D eigenvalue weighted by Crippen LogP contribution is -2.12. The van der Waals surface area contributed by atoms with E-state index >= 15 is 0 Å². The van der Waals surface area contributed by atoms with Crippen LogP contribution >= 0.6 is 15.9 Å². The van der Waals surface area contributed by atoms with E-state index in [0.717, 1.165) is 28.8 Å². The summed E-state index contributed by atoms with van der Waals surface area (Å²) >= 11 is 3.43. The lowest BCUT2D eigenvalue weighted by Gasteiger charge is -2.14. The average Bonchev–Trinajstić information content (AvgIpc) is 2.37. The van der Waals surface area contributed by atoms with Crippen LogP contribution in [0.1, 0.15) is 24.9 Å². The van der Waals surface area contributed by atoms with Gasteiger partial charge in [0.15, 0.2) is 0 Å². The number of hydrogen-bond acceptors (Lipinski definition) is 4. The van der Waals surface area contributed by atoms with Crippen molar-refractivity contribution in [1.82, 2.24) is 0 Å². The maximum Gasteiger partial charge on any atom is 0.125 e. The smallest absolute Gasteiger partial charge is 0.125 e. The Morgan fingerprint density at radius 3 is 2.68 bits per heavy atom. The molecule has 0 heterocycles. The van der Waals surface area contributed by atoms with Gasteiger partial charge in [-0.2, -0.15) is 0 Å². The van der Waals surface area contributed by atoms with Crippen molar-refractivity contribution in [3.63, 3.8) is 0 Å². The van der Waals surface area contributed by atoms with Gasteiger partial charge >= 0.3 is 0 Å². The number of methoxy groups -OCH3 is 1. The standard InChI is InChI=1S/C14H22BrNO3/c1-11(16)13-5-4-12(15)10-14(13)19-9-8-18-7-3-6-17-2/h4-5,10-11H,3,6-9,16H2,1-2H3/t11-/m1/s1. The zero-order valence-corrected chi connectivity index (χ0v) is 13.1. The highest BCUT2D eigenvalue weighted by Crippen LogP contribution is 2.27. The van der Waals surface area contributed by atoms with Crippen molar-refractivity contribution in [2.75, 3.05) is 33.5 Å². The highest BCUT2D eigenvalue weighted by molar-refractivity contribution is 9.10. The van der Waals surface area contributed by atoms with Gasteiger partial charge in [-0.25, -0.2) is 0 Å². The largest absolute Gasteiger partial charge is 0.491 e. The molecule has 5 heteroatoms. The van der Waals surface area contributed by atoms with Gasteiger partial charge in [0.1, 0.15) is 12.4 Å². The first-order valence-corrected chi connectivity index (χ1v) is 7.19. The van der Waals surface area contributed by atoms with Crippen LogP contribution in [0.2, 0.25) is 0 Å². The first-order valence-electron chi connectivity index (χ1n) is 6.39. The Morgan fingerprint density at radius 1 is 1.21 bits per heavy atom. The van der Waals surface area contributed by atoms with E-state index in [2.05, 4.69) is 15.9 Å². The molecule has 108 valence electrons. The van der Waals surface area contributed by atoms with Crippen LogP contribution in [0.25, 0.3) is 0 Å². The predicted octanol–water partition coefficient (Wildman–Crippen LogP) is 2.90. The quantitative estimate of drug-likeness (QED) is 0.707. The first kappa shape index (κ1) is 16.4. The van der Waals surface area contributed by atoms with Crippen molar-refractivity contribution in [2.45, 2.75) is 19.4 Å². The van der Waals surface area contributed by atoms with Crippen LogP contribution in [-0.2, 0) is 9.47 Å². The molecule has 1 rings (SSSR count). The molecule has 0 radical (unpaired) electrons. The molecule has 0 amide bonds. The van der Waals surface area contributed by atoms with Gasteiger partial charge in [0.25, 0.3) is 0 Å². The molecule has 0 fully saturated rings. The molecule has 0 bridgehead atoms. The van der Waals surface area contributed by atoms with Gasteiger partial charge in [0.2, 0.25) is 0 Å². The van der Waals surface area contributed by atoms with Gasteiger partial charge in [-0.05, 0) is 25.5 Å². The Hall–Kier alpha value is -0.620. The predicted molar refractivity (Wildman–Crippen MR) is 79.6 cm³/mol. The molecule has 0 aliphatic heterocycles. The molecule has 4 nitrogen and oxygen atoms in total. The highest BCUT2D eigenvalue weighted by atomic mass is 79.9. The van der Waals surface area contributed by atoms with Crippen LogP contribution in [0.3, 0.4) is 0 Å². The highest BCUT2D eigenvalue weighted by Gasteiger charge is 2.08. The van der Waals surface area contributed by atoms with Crippen molar-refractivity contribution < 1.29 is 14.2 Å². The lowest BCUT2D eigenvalue weighted by molar-refractivity contribution is 0.0803. The zero-order chi connectivity index (χ0) is 14.1. The van der Waals surface area contributed by atoms with Gasteiger partial charge in [-0.1, -0.05) is 22.0 Å². The number of rotatable bonds is 9. The summed E-state index contributed by atoms with van der Waals surface area (Å²) in [4.78, 5) is 0. The minimum absolute atomic E-state index is 0.0503. The fraction of sp³-hybridized carbons (Fsp3) is 0.571. The molecule has 0 aromatic heterocycles. The van der Waals surface area contributed by atoms with Crippen molar-refractivity contribution >= 4 is 15.9 Å². The van der Waals surface area contributed by atoms with Crippen molar-refractivity contribution in [2.24, 2.45) is 5.73 Å². The van der Waals surface area contributed by atoms with E-state index in [1.165, 1.54) is 0 Å². The minimum atomic E-state index is -0.0503. The van der Waals surface area contributed by atoms with E-state index in [1.807, 2.05) is 25.1 Å². The number of halogens is 1. The Kier molecular flexibility index (Phi) is 8.05. The van der Waals surface area contributed by atoms with E-state index in [9.17, 15) is 0 Å². The van der Waals surface area contributed by atoms with E-state index < -0.39 is 0 Å². The van der Waals surface area contributed by atoms with E-state index in [0.29, 0.717) is 19.8 Å². The Labute approximate surface area is 123 Å². The summed E-state index contributed by atoms with van der Waals surface area (Å²) in [6, 6.07) is 5.82. The van der Waals surface area contributed by atoms with Gasteiger partial charge < -0.3 is 19.9 Å². The second-order valence-electron chi connectivity index (χ2n) is 4.28. The van der Waals surface area contributed by atoms with Crippen LogP contribution in [0.4, 0.5) is 0 Å². The molecule has 0 saturated carbocycles. The molecular formula is C14H22BrNO3. The van der Waals surface area contributed by atoms with Crippen molar-refractivity contribution in [3.8, 4) is 5.75 Å². The fourth-order valence-corrected chi connectivity index (χ4v) is 1.97. The van der Waals surface area contributed by atoms with Crippen LogP contribution in [0.15, 0.2) is 22.7 Å². The van der Waals surface area contributed by atoms with Gasteiger partial charge in [0, 0.05) is 36.4 Å². The second-order valence-corrected chi connectivity index (χ2v) is 5.19. The summed E-state index contributed by atoms with van der Waals surface area (Å²) in [5, 5.41) is 0. The molecule has 2 N–H and O–H groups in total. The Balaban J connectivity index is 2.34. The summed E-state index contributed by atoms with van der Waals surface area (Å²) in [6.45, 7) is 4.44. The molecule has 1 aromatic carbocycles. The molecule has 0 spiro atoms. The molecule has 0 unspecified atom stereocenters. The maximum absolute atomic E-state index is 5.91. The third-order valence-electron chi connectivity index (χ3n) is 2.59. The normalized spacial score (nSPS) is 12.4. The molecule has 19 heavy (non-hydrogen) atoms. The summed E-state index contributed by atoms with van der Waals surface area (Å²) in [6.07, 6.45) is 0.901. The number of hydrogen-bond donors (Lipinski definition) is 1. The Morgan fingerprint density at radius 2 is 2.00 bits per heavy atom. The van der Waals surface area contributed by atoms with Crippen molar-refractivity contribution in [3.05, 3.63) is 28.2 Å². The fourth-order valence-electron chi connectivity index (χ4n) is 1.63. The molecule has 0 aliphatic carbocycles. The van der Waals surface area contributed by atoms with Crippen LogP contribution in [-0.4, -0.2) is 33.5 Å². The molecule has 1 aromatic rings. The summed E-state index contributed by atoms with van der Waals surface area (Å²) < 4.78 is 17.1. The topological polar surface area (TPSA) is 53.7 Å². The maximum atomic E-state index is 5.91. The average molecular weight is 332 g/mol. The number of ether oxygens (including phenoxy) is 3. The number of benzene rings is 1. The minimum Gasteiger partial charge on any atom is -0.491 e. The first-order chi connectivity index (χ1) is 9.15. The van der Waals surface area contributed by atoms with Crippen LogP contribution in [0.5, 0.6) is 5.75 Å². The van der Waals surface area contributed by atoms with E-state index in [-0.39, 0.29) is 6.04 Å². The van der Waals surface area contributed by atoms with Gasteiger partial charge in [0.05, 0.1) is 6.61 Å². The third kappa shape index (κ3) is 6.38. The van der Waals surface area contributed by atoms with E-state index in [4.69, 9.17) is 19.9 Å². The number of nitrogens with two attached hydrogens (primary N) is 1. The molecule has 0 saturated heterocycles. The third-order valence-corrected chi connectivity index (χ3v) is 3.08. The Bertz CT molecular complexity index is 372. The zero-order valence-electron chi connectivity index (χ0n) is 11.5. The second kappa shape index (κ2) is 9.31. The SMILES string of the molecule is COCCCOCCOc1cc(Br)ccc1[C@@H](C)N. The molecular weight excluding hydrogens is 310 g/mol. The molecule has 0 aliphatic rings. The van der Waals surface area contributed by atoms with Crippen molar-refractivity contribution in [1.29, 1.82) is 0 Å². The van der Waals surface area contributed by atoms with E-state index in [1.54, 1.807) is 7.11 Å². The van der Waals surface area contributed by atoms with Crippen LogP contribution < -0.4 is 10.5 Å². The van der Waals surface area contributed by atoms with Gasteiger partial charge in [-0.3, -0.25) is 0 Å². The summed E-state index contributed by atoms with van der Waals surface area (Å²) in [5.74, 6) is 0.810. The summed E-state index contributed by atoms with van der Waals surface area (Å²) in [5.41, 5.74) is 6.91. The monoisotopic (exact) mass is 331 g/mol.